The van der Waals surface area contributed by atoms with Gasteiger partial charge in [-0.05, 0) is 0 Å². The summed E-state index contributed by atoms with van der Waals surface area (Å²) in [4.78, 5) is 23.5. The lowest BCUT2D eigenvalue weighted by Gasteiger charge is -2.23. The van der Waals surface area contributed by atoms with Gasteiger partial charge >= 0.3 is 11.9 Å². The zero-order chi connectivity index (χ0) is 18.0. The second-order valence-electron chi connectivity index (χ2n) is 6.18. The minimum atomic E-state index is -0.868. The largest absolute Gasteiger partial charge is 0.465 e. The number of hydrogen-bond acceptors (Lipinski definition) is 8. The van der Waals surface area contributed by atoms with Gasteiger partial charge in [-0.1, -0.05) is 19.1 Å². The summed E-state index contributed by atoms with van der Waals surface area (Å²) in [6.07, 6.45) is -0.259. The third-order valence-corrected chi connectivity index (χ3v) is 5.84. The molecular formula is C16H26O6S2. The lowest BCUT2D eigenvalue weighted by molar-refractivity contribution is -0.154. The molecular weight excluding hydrogens is 352 g/mol. The van der Waals surface area contributed by atoms with Gasteiger partial charge < -0.3 is 19.7 Å². The molecule has 1 saturated heterocycles. The van der Waals surface area contributed by atoms with Crippen LogP contribution in [0, 0.1) is 5.41 Å². The van der Waals surface area contributed by atoms with Crippen molar-refractivity contribution in [3.8, 4) is 0 Å². The number of rotatable bonds is 8. The maximum Gasteiger partial charge on any atom is 0.306 e. The van der Waals surface area contributed by atoms with Crippen LogP contribution in [0.1, 0.15) is 19.8 Å². The van der Waals surface area contributed by atoms with Crippen LogP contribution in [-0.2, 0) is 19.1 Å². The Hall–Kier alpha value is -0.700. The number of aliphatic hydroxyl groups excluding tert-OH is 2. The molecule has 138 valence electrons. The molecule has 0 aliphatic carbocycles. The molecule has 0 bridgehead atoms. The molecule has 0 atom stereocenters. The molecule has 1 heterocycles. The van der Waals surface area contributed by atoms with Crippen LogP contribution in [0.15, 0.2) is 12.2 Å². The van der Waals surface area contributed by atoms with E-state index in [1.807, 2.05) is 0 Å². The molecule has 6 nitrogen and oxygen atoms in total. The summed E-state index contributed by atoms with van der Waals surface area (Å²) >= 11 is 3.40. The average molecular weight is 379 g/mol. The van der Waals surface area contributed by atoms with Crippen molar-refractivity contribution < 1.29 is 29.3 Å². The first-order valence-electron chi connectivity index (χ1n) is 7.77. The van der Waals surface area contributed by atoms with E-state index in [0.717, 1.165) is 23.0 Å². The fourth-order valence-corrected chi connectivity index (χ4v) is 3.94. The highest BCUT2D eigenvalue weighted by molar-refractivity contribution is 8.01. The number of thioether (sulfide) groups is 2. The van der Waals surface area contributed by atoms with Gasteiger partial charge in [0.2, 0.25) is 0 Å². The standard InChI is InChI=1S/C16H26O6S2/c1-12-5-23-7-13(8-24-6-12)22-15(20)4-3-14(19)21-11-16(2,9-17)10-18/h13,17-18H,1,3-11H2,2H3. The lowest BCUT2D eigenvalue weighted by Crippen LogP contribution is -2.32. The fraction of sp³-hybridized carbons (Fsp3) is 0.750. The lowest BCUT2D eigenvalue weighted by atomic mass is 9.94. The SMILES string of the molecule is C=C1CSCC(OC(=O)CCC(=O)OCC(C)(CO)CO)CSC1. The number of aliphatic hydroxyl groups is 2. The van der Waals surface area contributed by atoms with E-state index in [9.17, 15) is 9.59 Å². The summed E-state index contributed by atoms with van der Waals surface area (Å²) in [7, 11) is 0. The summed E-state index contributed by atoms with van der Waals surface area (Å²) in [5.41, 5.74) is 0.322. The number of carbonyl (C=O) groups is 2. The van der Waals surface area contributed by atoms with Gasteiger partial charge in [0.1, 0.15) is 12.7 Å². The van der Waals surface area contributed by atoms with Gasteiger partial charge in [-0.15, -0.1) is 0 Å². The molecule has 1 aliphatic rings. The molecule has 1 aliphatic heterocycles. The zero-order valence-corrected chi connectivity index (χ0v) is 15.6. The smallest absolute Gasteiger partial charge is 0.306 e. The highest BCUT2D eigenvalue weighted by Gasteiger charge is 2.25. The quantitative estimate of drug-likeness (QED) is 0.481. The normalized spacial score (nSPS) is 17.0. The average Bonchev–Trinajstić information content (AvgIpc) is 2.55. The maximum atomic E-state index is 11.8. The van der Waals surface area contributed by atoms with E-state index in [2.05, 4.69) is 6.58 Å². The number of carbonyl (C=O) groups excluding carboxylic acids is 2. The van der Waals surface area contributed by atoms with Crippen molar-refractivity contribution in [3.05, 3.63) is 12.2 Å². The first-order valence-corrected chi connectivity index (χ1v) is 10.1. The minimum absolute atomic E-state index is 0.0354. The van der Waals surface area contributed by atoms with Crippen molar-refractivity contribution in [2.45, 2.75) is 25.9 Å². The molecule has 8 heteroatoms. The molecule has 1 fully saturated rings. The van der Waals surface area contributed by atoms with E-state index < -0.39 is 17.4 Å². The molecule has 0 aromatic heterocycles. The van der Waals surface area contributed by atoms with Gasteiger partial charge in [0.05, 0.1) is 26.1 Å². The van der Waals surface area contributed by atoms with Crippen LogP contribution in [0.25, 0.3) is 0 Å². The van der Waals surface area contributed by atoms with Crippen LogP contribution in [-0.4, -0.2) is 71.1 Å². The molecule has 0 amide bonds. The first kappa shape index (κ1) is 21.3. The molecule has 0 spiro atoms. The van der Waals surface area contributed by atoms with Crippen molar-refractivity contribution in [1.29, 1.82) is 0 Å². The Morgan fingerprint density at radius 3 is 2.25 bits per heavy atom. The van der Waals surface area contributed by atoms with Crippen LogP contribution in [0.3, 0.4) is 0 Å². The number of esters is 2. The summed E-state index contributed by atoms with van der Waals surface area (Å²) in [5.74, 6) is 2.26. The zero-order valence-electron chi connectivity index (χ0n) is 14.0. The van der Waals surface area contributed by atoms with E-state index in [0.29, 0.717) is 0 Å². The van der Waals surface area contributed by atoms with Gasteiger partial charge in [-0.3, -0.25) is 9.59 Å². The van der Waals surface area contributed by atoms with Crippen molar-refractivity contribution in [3.63, 3.8) is 0 Å². The van der Waals surface area contributed by atoms with Gasteiger partial charge in [0.25, 0.3) is 0 Å². The fourth-order valence-electron chi connectivity index (χ4n) is 1.74. The van der Waals surface area contributed by atoms with E-state index in [1.54, 1.807) is 30.4 Å². The van der Waals surface area contributed by atoms with Gasteiger partial charge in [-0.2, -0.15) is 23.5 Å². The second-order valence-corrected chi connectivity index (χ2v) is 8.24. The van der Waals surface area contributed by atoms with Gasteiger partial charge in [0.15, 0.2) is 0 Å². The molecule has 2 N–H and O–H groups in total. The molecule has 1 rings (SSSR count). The molecule has 0 unspecified atom stereocenters. The topological polar surface area (TPSA) is 93.1 Å². The van der Waals surface area contributed by atoms with Gasteiger partial charge in [-0.25, -0.2) is 0 Å². The summed E-state index contributed by atoms with van der Waals surface area (Å²) in [5, 5.41) is 18.2. The minimum Gasteiger partial charge on any atom is -0.465 e. The van der Waals surface area contributed by atoms with E-state index in [4.69, 9.17) is 19.7 Å². The number of ether oxygens (including phenoxy) is 2. The monoisotopic (exact) mass is 378 g/mol. The van der Waals surface area contributed by atoms with Crippen LogP contribution in [0.4, 0.5) is 0 Å². The molecule has 0 saturated carbocycles. The Kier molecular flexibility index (Phi) is 9.80. The second kappa shape index (κ2) is 11.0. The Morgan fingerprint density at radius 2 is 1.71 bits per heavy atom. The molecule has 0 radical (unpaired) electrons. The molecule has 24 heavy (non-hydrogen) atoms. The molecule has 0 aromatic carbocycles. The Labute approximate surface area is 151 Å². The van der Waals surface area contributed by atoms with Crippen LogP contribution < -0.4 is 0 Å². The van der Waals surface area contributed by atoms with Crippen molar-refractivity contribution >= 4 is 35.5 Å². The van der Waals surface area contributed by atoms with Crippen LogP contribution in [0.2, 0.25) is 0 Å². The Morgan fingerprint density at radius 1 is 1.17 bits per heavy atom. The van der Waals surface area contributed by atoms with E-state index in [1.165, 1.54) is 5.57 Å². The van der Waals surface area contributed by atoms with Crippen molar-refractivity contribution in [1.82, 2.24) is 0 Å². The Bertz CT molecular complexity index is 424. The molecule has 0 aromatic rings. The van der Waals surface area contributed by atoms with Crippen LogP contribution in [0.5, 0.6) is 0 Å². The third kappa shape index (κ3) is 8.41. The Balaban J connectivity index is 2.25. The summed E-state index contributed by atoms with van der Waals surface area (Å²) in [6, 6.07) is 0. The van der Waals surface area contributed by atoms with Crippen molar-refractivity contribution in [2.75, 3.05) is 42.8 Å². The highest BCUT2D eigenvalue weighted by Crippen LogP contribution is 2.21. The summed E-state index contributed by atoms with van der Waals surface area (Å²) in [6.45, 7) is 4.90. The predicted octanol–water partition coefficient (Wildman–Crippen LogP) is 1.25. The van der Waals surface area contributed by atoms with Crippen LogP contribution >= 0.6 is 23.5 Å². The summed E-state index contributed by atoms with van der Waals surface area (Å²) < 4.78 is 10.4. The predicted molar refractivity (Wildman–Crippen MR) is 96.1 cm³/mol. The highest BCUT2D eigenvalue weighted by atomic mass is 32.2. The third-order valence-electron chi connectivity index (χ3n) is 3.40. The number of hydrogen-bond donors (Lipinski definition) is 2. The maximum absolute atomic E-state index is 11.8. The first-order chi connectivity index (χ1) is 11.4. The van der Waals surface area contributed by atoms with Gasteiger partial charge in [0, 0.05) is 28.4 Å². The van der Waals surface area contributed by atoms with E-state index >= 15 is 0 Å². The van der Waals surface area contributed by atoms with E-state index in [-0.39, 0.29) is 38.8 Å². The van der Waals surface area contributed by atoms with Crippen molar-refractivity contribution in [2.24, 2.45) is 5.41 Å².